The van der Waals surface area contributed by atoms with Crippen LogP contribution in [-0.4, -0.2) is 0 Å². The number of anilines is 1. The molecule has 0 bridgehead atoms. The number of hydrogen-bond acceptors (Lipinski definition) is 1. The lowest BCUT2D eigenvalue weighted by molar-refractivity contribution is 0.653. The molecule has 0 amide bonds. The second kappa shape index (κ2) is 7.10. The first-order valence-electron chi connectivity index (χ1n) is 11.4. The normalized spacial score (nSPS) is 17.6. The van der Waals surface area contributed by atoms with E-state index in [0.29, 0.717) is 0 Å². The number of benzene rings is 3. The van der Waals surface area contributed by atoms with Crippen molar-refractivity contribution < 1.29 is 0 Å². The molecule has 3 aromatic rings. The zero-order valence-corrected chi connectivity index (χ0v) is 19.7. The predicted molar refractivity (Wildman–Crippen MR) is 138 cm³/mol. The molecule has 0 fully saturated rings. The SMILES string of the molecule is C=CC1=C(/C=C(\C)Nc2ccc3c(c2)C(C)(C)c2ccccc2-3)C(C)(C)c2ccccc21. The Morgan fingerprint density at radius 1 is 0.750 bits per heavy atom. The van der Waals surface area contributed by atoms with Gasteiger partial charge in [-0.05, 0) is 69.7 Å². The van der Waals surface area contributed by atoms with Crippen molar-refractivity contribution in [3.63, 3.8) is 0 Å². The summed E-state index contributed by atoms with van der Waals surface area (Å²) < 4.78 is 0. The van der Waals surface area contributed by atoms with Gasteiger partial charge in [-0.3, -0.25) is 0 Å². The molecule has 0 aromatic heterocycles. The highest BCUT2D eigenvalue weighted by atomic mass is 14.9. The summed E-state index contributed by atoms with van der Waals surface area (Å²) >= 11 is 0. The molecule has 1 nitrogen and oxygen atoms in total. The molecule has 3 aromatic carbocycles. The Labute approximate surface area is 192 Å². The summed E-state index contributed by atoms with van der Waals surface area (Å²) in [4.78, 5) is 0. The van der Waals surface area contributed by atoms with Crippen LogP contribution in [0.3, 0.4) is 0 Å². The highest BCUT2D eigenvalue weighted by molar-refractivity contribution is 5.88. The first-order chi connectivity index (χ1) is 15.2. The number of allylic oxidation sites excluding steroid dienone is 5. The Morgan fingerprint density at radius 2 is 1.34 bits per heavy atom. The largest absolute Gasteiger partial charge is 0.359 e. The van der Waals surface area contributed by atoms with E-state index in [1.54, 1.807) is 0 Å². The number of hydrogen-bond donors (Lipinski definition) is 1. The maximum Gasteiger partial charge on any atom is 0.0385 e. The van der Waals surface area contributed by atoms with Crippen LogP contribution in [0.1, 0.15) is 56.9 Å². The summed E-state index contributed by atoms with van der Waals surface area (Å²) in [6.45, 7) is 15.5. The van der Waals surface area contributed by atoms with Gasteiger partial charge in [-0.2, -0.15) is 0 Å². The topological polar surface area (TPSA) is 12.0 Å². The van der Waals surface area contributed by atoms with Crippen molar-refractivity contribution in [2.45, 2.75) is 45.4 Å². The molecule has 0 saturated carbocycles. The van der Waals surface area contributed by atoms with Gasteiger partial charge in [0.15, 0.2) is 0 Å². The second-order valence-corrected chi connectivity index (χ2v) is 10.1. The van der Waals surface area contributed by atoms with Gasteiger partial charge in [0.2, 0.25) is 0 Å². The third kappa shape index (κ3) is 2.92. The molecule has 0 heterocycles. The van der Waals surface area contributed by atoms with Crippen molar-refractivity contribution in [2.75, 3.05) is 5.32 Å². The Hall–Kier alpha value is -3.32. The second-order valence-electron chi connectivity index (χ2n) is 10.1. The van der Waals surface area contributed by atoms with E-state index >= 15 is 0 Å². The van der Waals surface area contributed by atoms with Crippen LogP contribution < -0.4 is 5.32 Å². The lowest BCUT2D eigenvalue weighted by Crippen LogP contribution is -2.17. The van der Waals surface area contributed by atoms with E-state index in [9.17, 15) is 0 Å². The molecule has 0 radical (unpaired) electrons. The van der Waals surface area contributed by atoms with E-state index < -0.39 is 0 Å². The van der Waals surface area contributed by atoms with Crippen LogP contribution in [0.5, 0.6) is 0 Å². The van der Waals surface area contributed by atoms with E-state index in [2.05, 4.69) is 119 Å². The lowest BCUT2D eigenvalue weighted by atomic mass is 9.81. The van der Waals surface area contributed by atoms with Crippen LogP contribution >= 0.6 is 0 Å². The van der Waals surface area contributed by atoms with Gasteiger partial charge in [-0.15, -0.1) is 0 Å². The molecule has 5 rings (SSSR count). The van der Waals surface area contributed by atoms with Crippen LogP contribution in [0.25, 0.3) is 16.7 Å². The summed E-state index contributed by atoms with van der Waals surface area (Å²) in [6.07, 6.45) is 4.30. The van der Waals surface area contributed by atoms with Gasteiger partial charge in [-0.25, -0.2) is 0 Å². The van der Waals surface area contributed by atoms with Gasteiger partial charge in [0, 0.05) is 22.2 Å². The van der Waals surface area contributed by atoms with Crippen LogP contribution in [0.4, 0.5) is 5.69 Å². The molecule has 0 aliphatic heterocycles. The van der Waals surface area contributed by atoms with Gasteiger partial charge in [0.05, 0.1) is 0 Å². The fourth-order valence-corrected chi connectivity index (χ4v) is 5.63. The molecule has 2 aliphatic rings. The van der Waals surface area contributed by atoms with Crippen molar-refractivity contribution in [1.82, 2.24) is 0 Å². The van der Waals surface area contributed by atoms with Crippen LogP contribution in [-0.2, 0) is 10.8 Å². The highest BCUT2D eigenvalue weighted by Crippen LogP contribution is 2.50. The minimum Gasteiger partial charge on any atom is -0.359 e. The first kappa shape index (κ1) is 20.6. The Morgan fingerprint density at radius 3 is 2.03 bits per heavy atom. The standard InChI is InChI=1S/C31H31N/c1-7-22-23-12-8-10-14-26(23)30(3,4)28(22)18-20(2)32-21-16-17-25-24-13-9-11-15-27(24)31(5,6)29(25)19-21/h7-19,32H,1H2,2-6H3/b20-18+. The number of rotatable bonds is 4. The molecule has 1 N–H and O–H groups in total. The summed E-state index contributed by atoms with van der Waals surface area (Å²) in [5.41, 5.74) is 12.9. The average Bonchev–Trinajstić information content (AvgIpc) is 3.13. The fraction of sp³-hybridized carbons (Fsp3) is 0.226. The molecular weight excluding hydrogens is 386 g/mol. The third-order valence-corrected chi connectivity index (χ3v) is 7.34. The van der Waals surface area contributed by atoms with Crippen LogP contribution in [0.15, 0.2) is 96.7 Å². The van der Waals surface area contributed by atoms with Gasteiger partial charge in [-0.1, -0.05) is 94.9 Å². The zero-order valence-electron chi connectivity index (χ0n) is 19.7. The maximum absolute atomic E-state index is 4.12. The van der Waals surface area contributed by atoms with Gasteiger partial charge < -0.3 is 5.32 Å². The first-order valence-corrected chi connectivity index (χ1v) is 11.4. The van der Waals surface area contributed by atoms with E-state index in [1.165, 1.54) is 44.5 Å². The fourth-order valence-electron chi connectivity index (χ4n) is 5.63. The quantitative estimate of drug-likeness (QED) is 0.451. The molecule has 32 heavy (non-hydrogen) atoms. The number of fused-ring (bicyclic) bond motifs is 4. The van der Waals surface area contributed by atoms with Crippen LogP contribution in [0, 0.1) is 0 Å². The third-order valence-electron chi connectivity index (χ3n) is 7.34. The Kier molecular flexibility index (Phi) is 4.57. The Bertz CT molecular complexity index is 1310. The van der Waals surface area contributed by atoms with Gasteiger partial charge in [0.1, 0.15) is 0 Å². The molecular formula is C31H31N. The van der Waals surface area contributed by atoms with E-state index in [4.69, 9.17) is 0 Å². The zero-order chi connectivity index (χ0) is 22.7. The minimum atomic E-state index is -0.0510. The molecule has 1 heteroatoms. The van der Waals surface area contributed by atoms with Crippen molar-refractivity contribution in [3.8, 4) is 11.1 Å². The monoisotopic (exact) mass is 417 g/mol. The molecule has 0 unspecified atom stereocenters. The van der Waals surface area contributed by atoms with E-state index in [0.717, 1.165) is 11.4 Å². The van der Waals surface area contributed by atoms with Crippen molar-refractivity contribution >= 4 is 11.3 Å². The summed E-state index contributed by atoms with van der Waals surface area (Å²) in [6, 6.07) is 24.3. The molecule has 0 saturated heterocycles. The number of nitrogens with one attached hydrogen (secondary N) is 1. The van der Waals surface area contributed by atoms with Crippen LogP contribution in [0.2, 0.25) is 0 Å². The Balaban J connectivity index is 1.50. The minimum absolute atomic E-state index is 0.00879. The molecule has 2 aliphatic carbocycles. The van der Waals surface area contributed by atoms with Gasteiger partial charge >= 0.3 is 0 Å². The predicted octanol–water partition coefficient (Wildman–Crippen LogP) is 8.24. The van der Waals surface area contributed by atoms with E-state index in [1.807, 2.05) is 6.08 Å². The smallest absolute Gasteiger partial charge is 0.0385 e. The summed E-state index contributed by atoms with van der Waals surface area (Å²) in [5, 5.41) is 3.66. The molecule has 0 spiro atoms. The summed E-state index contributed by atoms with van der Waals surface area (Å²) in [7, 11) is 0. The van der Waals surface area contributed by atoms with Crippen molar-refractivity contribution in [3.05, 3.63) is 119 Å². The highest BCUT2D eigenvalue weighted by Gasteiger charge is 2.36. The lowest BCUT2D eigenvalue weighted by Gasteiger charge is -2.24. The molecule has 0 atom stereocenters. The van der Waals surface area contributed by atoms with E-state index in [-0.39, 0.29) is 10.8 Å². The van der Waals surface area contributed by atoms with Gasteiger partial charge in [0.25, 0.3) is 0 Å². The van der Waals surface area contributed by atoms with Crippen molar-refractivity contribution in [2.24, 2.45) is 0 Å². The van der Waals surface area contributed by atoms with Crippen molar-refractivity contribution in [1.29, 1.82) is 0 Å². The maximum atomic E-state index is 4.12. The summed E-state index contributed by atoms with van der Waals surface area (Å²) in [5.74, 6) is 0. The molecule has 160 valence electrons. The average molecular weight is 418 g/mol.